The van der Waals surface area contributed by atoms with E-state index in [1.54, 1.807) is 42.5 Å². The Labute approximate surface area is 173 Å². The summed E-state index contributed by atoms with van der Waals surface area (Å²) in [5.74, 6) is -1.00. The number of para-hydroxylation sites is 1. The zero-order chi connectivity index (χ0) is 22.6. The van der Waals surface area contributed by atoms with E-state index in [0.29, 0.717) is 28.9 Å². The molecule has 1 radical (unpaired) electrons. The third kappa shape index (κ3) is 3.66. The molecule has 3 aromatic rings. The van der Waals surface area contributed by atoms with Gasteiger partial charge in [0.1, 0.15) is 0 Å². The van der Waals surface area contributed by atoms with Crippen LogP contribution in [0.4, 0.5) is 32.0 Å². The van der Waals surface area contributed by atoms with Gasteiger partial charge in [0.2, 0.25) is 0 Å². The molecule has 1 aliphatic heterocycles. The summed E-state index contributed by atoms with van der Waals surface area (Å²) in [5.41, 5.74) is -1.38. The molecule has 0 saturated heterocycles. The van der Waals surface area contributed by atoms with Gasteiger partial charge in [0.15, 0.2) is 0 Å². The average molecular weight is 434 g/mol. The van der Waals surface area contributed by atoms with E-state index in [9.17, 15) is 31.1 Å². The van der Waals surface area contributed by atoms with E-state index >= 15 is 0 Å². The van der Waals surface area contributed by atoms with Crippen LogP contribution in [0.15, 0.2) is 66.7 Å². The highest BCUT2D eigenvalue weighted by Gasteiger charge is 2.39. The fourth-order valence-electron chi connectivity index (χ4n) is 3.72. The van der Waals surface area contributed by atoms with Crippen molar-refractivity contribution in [2.45, 2.75) is 18.4 Å². The minimum Gasteiger partial charge on any atom is -0.300 e. The number of alkyl halides is 6. The molecule has 0 saturated carbocycles. The minimum absolute atomic E-state index is 0.00207. The zero-order valence-corrected chi connectivity index (χ0v) is 15.8. The van der Waals surface area contributed by atoms with Crippen molar-refractivity contribution in [2.24, 2.45) is 0 Å². The molecule has 31 heavy (non-hydrogen) atoms. The molecule has 8 heteroatoms. The van der Waals surface area contributed by atoms with Crippen molar-refractivity contribution in [1.82, 2.24) is 0 Å². The summed E-state index contributed by atoms with van der Waals surface area (Å²) in [6.07, 6.45) is -10.1. The molecule has 0 aromatic heterocycles. The first kappa shape index (κ1) is 21.0. The number of nitrogens with zero attached hydrogens (tertiary/aromatic N) is 1. The molecule has 3 aromatic carbocycles. The first-order valence-corrected chi connectivity index (χ1v) is 9.13. The number of rotatable bonds is 1. The largest absolute Gasteiger partial charge is 0.416 e. The molecule has 0 aliphatic carbocycles. The summed E-state index contributed by atoms with van der Waals surface area (Å²) in [7, 11) is 0. The maximum Gasteiger partial charge on any atom is 0.416 e. The number of carbonyl (C=O) groups is 1. The summed E-state index contributed by atoms with van der Waals surface area (Å²) in [6.45, 7) is 3.97. The zero-order valence-electron chi connectivity index (χ0n) is 15.8. The number of benzene rings is 3. The number of amides is 1. The van der Waals surface area contributed by atoms with Gasteiger partial charge in [-0.15, -0.1) is 0 Å². The Hall–Kier alpha value is -3.29. The molecule has 0 spiro atoms. The lowest BCUT2D eigenvalue weighted by Crippen LogP contribution is -2.36. The van der Waals surface area contributed by atoms with E-state index in [-0.39, 0.29) is 6.07 Å². The van der Waals surface area contributed by atoms with Crippen LogP contribution in [0, 0.1) is 6.92 Å². The van der Waals surface area contributed by atoms with Gasteiger partial charge in [0.05, 0.1) is 22.9 Å². The van der Waals surface area contributed by atoms with Gasteiger partial charge in [-0.25, -0.2) is 0 Å². The molecule has 1 amide bonds. The summed E-state index contributed by atoms with van der Waals surface area (Å²) in [4.78, 5) is 14.4. The third-order valence-electron chi connectivity index (χ3n) is 5.14. The van der Waals surface area contributed by atoms with E-state index in [1.165, 1.54) is 0 Å². The fourth-order valence-corrected chi connectivity index (χ4v) is 3.72. The standard InChI is InChI=1S/C23H14F6NO/c1-13-17-6-2-3-7-18(17)19-8-4-5-9-20(19)30(13)21(31)14-10-15(22(24,25)26)12-16(11-14)23(27,28)29/h2-13H,1H2. The van der Waals surface area contributed by atoms with Gasteiger partial charge in [-0.05, 0) is 42.3 Å². The molecule has 159 valence electrons. The lowest BCUT2D eigenvalue weighted by molar-refractivity contribution is -0.143. The van der Waals surface area contributed by atoms with Gasteiger partial charge in [0.25, 0.3) is 5.91 Å². The van der Waals surface area contributed by atoms with Gasteiger partial charge in [-0.1, -0.05) is 42.5 Å². The predicted octanol–water partition coefficient (Wildman–Crippen LogP) is 6.93. The van der Waals surface area contributed by atoms with Crippen molar-refractivity contribution in [2.75, 3.05) is 4.90 Å². The lowest BCUT2D eigenvalue weighted by Gasteiger charge is -2.37. The molecule has 1 atom stereocenters. The first-order valence-electron chi connectivity index (χ1n) is 9.13. The molecule has 1 heterocycles. The van der Waals surface area contributed by atoms with E-state index in [4.69, 9.17) is 0 Å². The van der Waals surface area contributed by atoms with Crippen molar-refractivity contribution in [3.8, 4) is 11.1 Å². The molecule has 0 bridgehead atoms. The van der Waals surface area contributed by atoms with Gasteiger partial charge in [-0.2, -0.15) is 26.3 Å². The Kier molecular flexibility index (Phi) is 4.83. The smallest absolute Gasteiger partial charge is 0.300 e. The maximum atomic E-state index is 13.3. The number of hydrogen-bond acceptors (Lipinski definition) is 1. The Bertz CT molecular complexity index is 1130. The molecule has 4 rings (SSSR count). The van der Waals surface area contributed by atoms with Crippen molar-refractivity contribution < 1.29 is 31.1 Å². The van der Waals surface area contributed by atoms with Gasteiger partial charge >= 0.3 is 12.4 Å². The molecule has 1 aliphatic rings. The van der Waals surface area contributed by atoms with Crippen LogP contribution < -0.4 is 4.90 Å². The van der Waals surface area contributed by atoms with Crippen LogP contribution in [0.2, 0.25) is 0 Å². The quantitative estimate of drug-likeness (QED) is 0.381. The normalized spacial score (nSPS) is 16.0. The summed E-state index contributed by atoms with van der Waals surface area (Å²) in [6, 6.07) is 13.8. The second-order valence-corrected chi connectivity index (χ2v) is 7.09. The predicted molar refractivity (Wildman–Crippen MR) is 103 cm³/mol. The number of hydrogen-bond donors (Lipinski definition) is 0. The van der Waals surface area contributed by atoms with Crippen LogP contribution >= 0.6 is 0 Å². The van der Waals surface area contributed by atoms with Crippen molar-refractivity contribution in [3.63, 3.8) is 0 Å². The van der Waals surface area contributed by atoms with Gasteiger partial charge in [-0.3, -0.25) is 4.79 Å². The fraction of sp³-hybridized carbons (Fsp3) is 0.130. The first-order chi connectivity index (χ1) is 14.5. The number of fused-ring (bicyclic) bond motifs is 3. The second kappa shape index (κ2) is 7.14. The lowest BCUT2D eigenvalue weighted by atomic mass is 9.88. The highest BCUT2D eigenvalue weighted by atomic mass is 19.4. The van der Waals surface area contributed by atoms with E-state index < -0.39 is 41.0 Å². The van der Waals surface area contributed by atoms with Crippen molar-refractivity contribution in [1.29, 1.82) is 0 Å². The number of anilines is 1. The summed E-state index contributed by atoms with van der Waals surface area (Å²) in [5, 5.41) is 0. The summed E-state index contributed by atoms with van der Waals surface area (Å²) < 4.78 is 79.5. The van der Waals surface area contributed by atoms with E-state index in [0.717, 1.165) is 10.5 Å². The Morgan fingerprint density at radius 3 is 1.87 bits per heavy atom. The van der Waals surface area contributed by atoms with E-state index in [1.807, 2.05) is 6.07 Å². The highest BCUT2D eigenvalue weighted by Crippen LogP contribution is 2.45. The highest BCUT2D eigenvalue weighted by molar-refractivity contribution is 6.10. The van der Waals surface area contributed by atoms with Crippen LogP contribution in [0.3, 0.4) is 0 Å². The van der Waals surface area contributed by atoms with Crippen molar-refractivity contribution >= 4 is 11.6 Å². The van der Waals surface area contributed by atoms with E-state index in [2.05, 4.69) is 6.92 Å². The molecule has 0 fully saturated rings. The topological polar surface area (TPSA) is 20.3 Å². The molecule has 2 nitrogen and oxygen atoms in total. The average Bonchev–Trinajstić information content (AvgIpc) is 2.72. The second-order valence-electron chi connectivity index (χ2n) is 7.09. The van der Waals surface area contributed by atoms with Crippen LogP contribution in [0.25, 0.3) is 11.1 Å². The van der Waals surface area contributed by atoms with Crippen molar-refractivity contribution in [3.05, 3.63) is 95.9 Å². The number of carbonyl (C=O) groups excluding carboxylic acids is 1. The van der Waals surface area contributed by atoms with Crippen LogP contribution in [-0.4, -0.2) is 5.91 Å². The monoisotopic (exact) mass is 434 g/mol. The van der Waals surface area contributed by atoms with Crippen LogP contribution in [0.1, 0.15) is 33.1 Å². The number of halogens is 6. The molecular formula is C23H14F6NO. The Balaban J connectivity index is 1.89. The molecule has 0 N–H and O–H groups in total. The third-order valence-corrected chi connectivity index (χ3v) is 5.14. The molecule has 1 unspecified atom stereocenters. The maximum absolute atomic E-state index is 13.3. The minimum atomic E-state index is -5.05. The van der Waals surface area contributed by atoms with Crippen LogP contribution in [-0.2, 0) is 12.4 Å². The molecular weight excluding hydrogens is 420 g/mol. The Morgan fingerprint density at radius 1 is 0.774 bits per heavy atom. The Morgan fingerprint density at radius 2 is 1.29 bits per heavy atom. The van der Waals surface area contributed by atoms with Gasteiger partial charge in [0, 0.05) is 11.1 Å². The summed E-state index contributed by atoms with van der Waals surface area (Å²) >= 11 is 0. The van der Waals surface area contributed by atoms with Gasteiger partial charge < -0.3 is 4.90 Å². The SMILES string of the molecule is [CH2]C1c2ccccc2-c2ccccc2N1C(=O)c1cc(C(F)(F)F)cc(C(F)(F)F)c1. The van der Waals surface area contributed by atoms with Crippen LogP contribution in [0.5, 0.6) is 0 Å².